The first kappa shape index (κ1) is 23.0. The third-order valence-electron chi connectivity index (χ3n) is 5.04. The predicted molar refractivity (Wildman–Crippen MR) is 107 cm³/mol. The van der Waals surface area contributed by atoms with Crippen LogP contribution < -0.4 is 0 Å². The normalized spacial score (nSPS) is 11.5. The maximum absolute atomic E-state index is 2.55. The molecule has 0 aromatic carbocycles. The van der Waals surface area contributed by atoms with Crippen LogP contribution in [-0.2, 0) is 0 Å². The second-order valence-corrected chi connectivity index (χ2v) is 7.61. The van der Waals surface area contributed by atoms with Gasteiger partial charge in [-0.15, -0.1) is 0 Å². The average Bonchev–Trinajstić information content (AvgIpc) is 2.55. The Morgan fingerprint density at radius 1 is 0.391 bits per heavy atom. The fourth-order valence-corrected chi connectivity index (χ4v) is 3.32. The van der Waals surface area contributed by atoms with E-state index < -0.39 is 0 Å². The number of hydrogen-bond donors (Lipinski definition) is 0. The molecule has 0 saturated carbocycles. The lowest BCUT2D eigenvalue weighted by molar-refractivity contribution is 0.314. The van der Waals surface area contributed by atoms with Crippen molar-refractivity contribution in [3.8, 4) is 0 Å². The second-order valence-electron chi connectivity index (χ2n) is 7.61. The van der Waals surface area contributed by atoms with E-state index >= 15 is 0 Å². The Hall–Kier alpha value is -0.0400. The number of rotatable bonds is 19. The summed E-state index contributed by atoms with van der Waals surface area (Å²) in [7, 11) is 2.31. The molecule has 0 aromatic rings. The lowest BCUT2D eigenvalue weighted by atomic mass is 10.1. The van der Waals surface area contributed by atoms with Gasteiger partial charge in [0.25, 0.3) is 0 Å². The van der Waals surface area contributed by atoms with Gasteiger partial charge in [-0.25, -0.2) is 0 Å². The number of hydrogen-bond acceptors (Lipinski definition) is 1. The summed E-state index contributed by atoms with van der Waals surface area (Å²) >= 11 is 0. The topological polar surface area (TPSA) is 3.24 Å². The molecule has 0 atom stereocenters. The molecule has 0 heterocycles. The summed E-state index contributed by atoms with van der Waals surface area (Å²) in [5, 5.41) is 0. The molecule has 0 aliphatic carbocycles. The van der Waals surface area contributed by atoms with E-state index in [2.05, 4.69) is 25.8 Å². The molecular weight excluding hydrogens is 278 g/mol. The van der Waals surface area contributed by atoms with Crippen molar-refractivity contribution in [1.29, 1.82) is 0 Å². The van der Waals surface area contributed by atoms with E-state index in [9.17, 15) is 0 Å². The molecule has 0 aliphatic rings. The fourth-order valence-electron chi connectivity index (χ4n) is 3.32. The smallest absolute Gasteiger partial charge is 0.00218 e. The molecule has 0 fully saturated rings. The molecule has 0 aromatic heterocycles. The zero-order valence-electron chi connectivity index (χ0n) is 16.9. The van der Waals surface area contributed by atoms with Gasteiger partial charge in [0.1, 0.15) is 0 Å². The lowest BCUT2D eigenvalue weighted by Crippen LogP contribution is -2.20. The first-order chi connectivity index (χ1) is 11.3. The van der Waals surface area contributed by atoms with Gasteiger partial charge in [-0.1, -0.05) is 110 Å². The van der Waals surface area contributed by atoms with E-state index in [0.717, 1.165) is 0 Å². The van der Waals surface area contributed by atoms with E-state index in [1.165, 1.54) is 122 Å². The molecule has 0 rings (SSSR count). The maximum Gasteiger partial charge on any atom is -0.00218 e. The molecule has 0 radical (unpaired) electrons. The summed E-state index contributed by atoms with van der Waals surface area (Å²) in [6, 6.07) is 0. The van der Waals surface area contributed by atoms with Gasteiger partial charge in [-0.2, -0.15) is 0 Å². The van der Waals surface area contributed by atoms with Gasteiger partial charge in [0, 0.05) is 0 Å². The minimum absolute atomic E-state index is 1.31. The van der Waals surface area contributed by atoms with Gasteiger partial charge in [0.2, 0.25) is 0 Å². The summed E-state index contributed by atoms with van der Waals surface area (Å²) in [5.41, 5.74) is 0. The zero-order chi connectivity index (χ0) is 17.0. The Morgan fingerprint density at radius 3 is 0.957 bits per heavy atom. The Labute approximate surface area is 148 Å². The van der Waals surface area contributed by atoms with Crippen LogP contribution in [-0.4, -0.2) is 25.0 Å². The molecule has 0 spiro atoms. The van der Waals surface area contributed by atoms with E-state index in [-0.39, 0.29) is 0 Å². The van der Waals surface area contributed by atoms with Crippen molar-refractivity contribution in [1.82, 2.24) is 4.90 Å². The first-order valence-electron chi connectivity index (χ1n) is 11.0. The Balaban J connectivity index is 3.11. The maximum atomic E-state index is 2.55. The molecule has 0 bridgehead atoms. The lowest BCUT2D eigenvalue weighted by Gasteiger charge is -2.16. The van der Waals surface area contributed by atoms with Crippen molar-refractivity contribution in [3.05, 3.63) is 0 Å². The van der Waals surface area contributed by atoms with Crippen LogP contribution in [0.25, 0.3) is 0 Å². The van der Waals surface area contributed by atoms with E-state index in [1.807, 2.05) is 0 Å². The van der Waals surface area contributed by atoms with Gasteiger partial charge in [0.15, 0.2) is 0 Å². The van der Waals surface area contributed by atoms with Gasteiger partial charge >= 0.3 is 0 Å². The van der Waals surface area contributed by atoms with Crippen LogP contribution >= 0.6 is 0 Å². The molecule has 0 saturated heterocycles. The summed E-state index contributed by atoms with van der Waals surface area (Å²) < 4.78 is 0. The quantitative estimate of drug-likeness (QED) is 0.221. The molecule has 140 valence electrons. The largest absolute Gasteiger partial charge is 0.306 e. The van der Waals surface area contributed by atoms with Crippen LogP contribution in [0.15, 0.2) is 0 Å². The third-order valence-corrected chi connectivity index (χ3v) is 5.04. The predicted octanol–water partition coefficient (Wildman–Crippen LogP) is 7.59. The molecule has 0 N–H and O–H groups in total. The minimum Gasteiger partial charge on any atom is -0.306 e. The molecule has 23 heavy (non-hydrogen) atoms. The zero-order valence-corrected chi connectivity index (χ0v) is 16.9. The summed E-state index contributed by atoms with van der Waals surface area (Å²) in [4.78, 5) is 2.55. The second kappa shape index (κ2) is 20.0. The van der Waals surface area contributed by atoms with E-state index in [4.69, 9.17) is 0 Å². The van der Waals surface area contributed by atoms with Crippen LogP contribution in [0.3, 0.4) is 0 Å². The van der Waals surface area contributed by atoms with Crippen LogP contribution in [0.5, 0.6) is 0 Å². The molecule has 1 heteroatoms. The Kier molecular flexibility index (Phi) is 20.0. The summed E-state index contributed by atoms with van der Waals surface area (Å²) in [6.07, 6.45) is 24.4. The van der Waals surface area contributed by atoms with Crippen molar-refractivity contribution >= 4 is 0 Å². The van der Waals surface area contributed by atoms with Gasteiger partial charge < -0.3 is 4.90 Å². The average molecular weight is 326 g/mol. The highest BCUT2D eigenvalue weighted by Gasteiger charge is 1.99. The van der Waals surface area contributed by atoms with Gasteiger partial charge in [-0.3, -0.25) is 0 Å². The standard InChI is InChI=1S/C22H47N/c1-4-6-8-10-12-13-14-16-18-20-22-23(3)21-19-17-15-11-9-7-5-2/h4-22H2,1-3H3. The SMILES string of the molecule is CCCCCCCCCCCCN(C)CCCCCCCCC. The van der Waals surface area contributed by atoms with E-state index in [0.29, 0.717) is 0 Å². The van der Waals surface area contributed by atoms with Crippen LogP contribution in [0.2, 0.25) is 0 Å². The van der Waals surface area contributed by atoms with Crippen LogP contribution in [0, 0.1) is 0 Å². The number of nitrogens with zero attached hydrogens (tertiary/aromatic N) is 1. The van der Waals surface area contributed by atoms with Crippen molar-refractivity contribution < 1.29 is 0 Å². The molecule has 0 aliphatic heterocycles. The highest BCUT2D eigenvalue weighted by molar-refractivity contribution is 4.54. The fraction of sp³-hybridized carbons (Fsp3) is 1.00. The third kappa shape index (κ3) is 19.9. The van der Waals surface area contributed by atoms with Gasteiger partial charge in [0.05, 0.1) is 0 Å². The first-order valence-corrected chi connectivity index (χ1v) is 11.0. The number of unbranched alkanes of at least 4 members (excludes halogenated alkanes) is 15. The van der Waals surface area contributed by atoms with Gasteiger partial charge in [-0.05, 0) is 33.0 Å². The van der Waals surface area contributed by atoms with Crippen molar-refractivity contribution in [2.24, 2.45) is 0 Å². The molecule has 0 unspecified atom stereocenters. The Morgan fingerprint density at radius 2 is 0.652 bits per heavy atom. The van der Waals surface area contributed by atoms with Crippen LogP contribution in [0.4, 0.5) is 0 Å². The molecule has 0 amide bonds. The Bertz CT molecular complexity index is 202. The van der Waals surface area contributed by atoms with Crippen molar-refractivity contribution in [3.63, 3.8) is 0 Å². The van der Waals surface area contributed by atoms with Crippen molar-refractivity contribution in [2.45, 2.75) is 123 Å². The molecule has 1 nitrogen and oxygen atoms in total. The monoisotopic (exact) mass is 325 g/mol. The highest BCUT2D eigenvalue weighted by atomic mass is 15.1. The minimum atomic E-state index is 1.31. The summed E-state index contributed by atoms with van der Waals surface area (Å²) in [5.74, 6) is 0. The van der Waals surface area contributed by atoms with Crippen molar-refractivity contribution in [2.75, 3.05) is 20.1 Å². The highest BCUT2D eigenvalue weighted by Crippen LogP contribution is 2.11. The van der Waals surface area contributed by atoms with E-state index in [1.54, 1.807) is 0 Å². The van der Waals surface area contributed by atoms with Crippen LogP contribution in [0.1, 0.15) is 123 Å². The summed E-state index contributed by atoms with van der Waals surface area (Å²) in [6.45, 7) is 7.21. The molecular formula is C22H47N.